The first-order valence-electron chi connectivity index (χ1n) is 9.04. The Morgan fingerprint density at radius 2 is 1.52 bits per heavy atom. The van der Waals surface area contributed by atoms with Crippen LogP contribution in [0.4, 0.5) is 0 Å². The fourth-order valence-corrected chi connectivity index (χ4v) is 4.41. The highest BCUT2D eigenvalue weighted by atomic mass is 32.1. The van der Waals surface area contributed by atoms with Gasteiger partial charge in [-0.05, 0) is 43.3 Å². The smallest absolute Gasteiger partial charge is 0.187 e. The zero-order valence-corrected chi connectivity index (χ0v) is 15.0. The molecule has 4 rings (SSSR count). The number of hydrazone groups is 1. The van der Waals surface area contributed by atoms with Gasteiger partial charge in [0.1, 0.15) is 0 Å². The summed E-state index contributed by atoms with van der Waals surface area (Å²) in [5, 5.41) is 8.74. The summed E-state index contributed by atoms with van der Waals surface area (Å²) in [6.45, 7) is 0. The maximum atomic E-state index is 5.50. The predicted molar refractivity (Wildman–Crippen MR) is 107 cm³/mol. The minimum absolute atomic E-state index is 0.519. The molecule has 0 heterocycles. The molecule has 4 heteroatoms. The van der Waals surface area contributed by atoms with Crippen molar-refractivity contribution in [1.82, 2.24) is 10.7 Å². The zero-order valence-electron chi connectivity index (χ0n) is 14.2. The van der Waals surface area contributed by atoms with Crippen LogP contribution < -0.4 is 10.7 Å². The number of thiocarbonyl (C=S) groups is 1. The van der Waals surface area contributed by atoms with E-state index in [4.69, 9.17) is 12.2 Å². The molecule has 25 heavy (non-hydrogen) atoms. The molecule has 0 spiro atoms. The van der Waals surface area contributed by atoms with E-state index in [1.54, 1.807) is 0 Å². The van der Waals surface area contributed by atoms with E-state index in [9.17, 15) is 0 Å². The summed E-state index contributed by atoms with van der Waals surface area (Å²) in [6.07, 6.45) is 5.35. The fraction of sp³-hybridized carbons (Fsp3) is 0.333. The van der Waals surface area contributed by atoms with Crippen LogP contribution in [0.5, 0.6) is 0 Å². The Bertz CT molecular complexity index is 716. The second kappa shape index (κ2) is 7.36. The van der Waals surface area contributed by atoms with Crippen LogP contribution in [0, 0.1) is 11.8 Å². The van der Waals surface area contributed by atoms with E-state index in [1.165, 1.54) is 25.7 Å². The SMILES string of the molecule is S=C(NN=C(c1ccccc1)c1ccccc1)NC1CC2CCC1C2. The topological polar surface area (TPSA) is 36.4 Å². The first kappa shape index (κ1) is 16.3. The molecule has 2 N–H and O–H groups in total. The van der Waals surface area contributed by atoms with Gasteiger partial charge in [0.25, 0.3) is 0 Å². The minimum Gasteiger partial charge on any atom is -0.358 e. The second-order valence-electron chi connectivity index (χ2n) is 7.06. The molecule has 0 amide bonds. The van der Waals surface area contributed by atoms with Crippen molar-refractivity contribution in [1.29, 1.82) is 0 Å². The normalized spacial score (nSPS) is 23.9. The number of hydrogen-bond acceptors (Lipinski definition) is 2. The Balaban J connectivity index is 1.48. The number of fused-ring (bicyclic) bond motifs is 2. The molecule has 0 aliphatic heterocycles. The van der Waals surface area contributed by atoms with Crippen LogP contribution in [-0.4, -0.2) is 16.9 Å². The Kier molecular flexibility index (Phi) is 4.79. The monoisotopic (exact) mass is 349 g/mol. The van der Waals surface area contributed by atoms with E-state index in [1.807, 2.05) is 36.4 Å². The van der Waals surface area contributed by atoms with Crippen molar-refractivity contribution < 1.29 is 0 Å². The van der Waals surface area contributed by atoms with Gasteiger partial charge in [-0.2, -0.15) is 5.10 Å². The van der Waals surface area contributed by atoms with Crippen molar-refractivity contribution in [2.24, 2.45) is 16.9 Å². The highest BCUT2D eigenvalue weighted by Gasteiger charge is 2.39. The third-order valence-corrected chi connectivity index (χ3v) is 5.63. The van der Waals surface area contributed by atoms with Crippen LogP contribution in [0.25, 0.3) is 0 Å². The zero-order chi connectivity index (χ0) is 17.1. The molecule has 2 aliphatic carbocycles. The van der Waals surface area contributed by atoms with Crippen molar-refractivity contribution in [3.63, 3.8) is 0 Å². The van der Waals surface area contributed by atoms with Gasteiger partial charge in [-0.1, -0.05) is 67.1 Å². The lowest BCUT2D eigenvalue weighted by Gasteiger charge is -2.23. The van der Waals surface area contributed by atoms with Gasteiger partial charge < -0.3 is 5.32 Å². The van der Waals surface area contributed by atoms with E-state index in [-0.39, 0.29) is 0 Å². The number of hydrogen-bond donors (Lipinski definition) is 2. The Morgan fingerprint density at radius 1 is 0.880 bits per heavy atom. The lowest BCUT2D eigenvalue weighted by Crippen LogP contribution is -2.43. The average Bonchev–Trinajstić information content (AvgIpc) is 3.27. The summed E-state index contributed by atoms with van der Waals surface area (Å²) in [5.74, 6) is 1.69. The van der Waals surface area contributed by atoms with E-state index in [2.05, 4.69) is 40.1 Å². The van der Waals surface area contributed by atoms with E-state index in [0.717, 1.165) is 28.7 Å². The van der Waals surface area contributed by atoms with Crippen molar-refractivity contribution in [2.45, 2.75) is 31.7 Å². The van der Waals surface area contributed by atoms with E-state index >= 15 is 0 Å². The van der Waals surface area contributed by atoms with Crippen LogP contribution in [0.1, 0.15) is 36.8 Å². The minimum atomic E-state index is 0.519. The summed E-state index contributed by atoms with van der Waals surface area (Å²) in [7, 11) is 0. The number of nitrogens with one attached hydrogen (secondary N) is 2. The third kappa shape index (κ3) is 3.74. The molecule has 2 aromatic rings. The van der Waals surface area contributed by atoms with Gasteiger partial charge in [0.05, 0.1) is 5.71 Å². The summed E-state index contributed by atoms with van der Waals surface area (Å²) >= 11 is 5.50. The van der Waals surface area contributed by atoms with Crippen LogP contribution in [0.3, 0.4) is 0 Å². The molecule has 0 aromatic heterocycles. The molecule has 2 fully saturated rings. The summed E-state index contributed by atoms with van der Waals surface area (Å²) in [6, 6.07) is 20.9. The number of nitrogens with zero attached hydrogens (tertiary/aromatic N) is 1. The van der Waals surface area contributed by atoms with Crippen LogP contribution in [-0.2, 0) is 0 Å². The molecule has 128 valence electrons. The maximum Gasteiger partial charge on any atom is 0.187 e. The summed E-state index contributed by atoms with van der Waals surface area (Å²) in [5.41, 5.74) is 6.12. The van der Waals surface area contributed by atoms with E-state index in [0.29, 0.717) is 11.2 Å². The summed E-state index contributed by atoms with van der Waals surface area (Å²) in [4.78, 5) is 0. The average molecular weight is 350 g/mol. The molecule has 2 aromatic carbocycles. The molecule has 3 unspecified atom stereocenters. The van der Waals surface area contributed by atoms with Crippen LogP contribution in [0.15, 0.2) is 65.8 Å². The first-order valence-corrected chi connectivity index (χ1v) is 9.45. The molecule has 3 nitrogen and oxygen atoms in total. The Labute approximate surface area is 154 Å². The third-order valence-electron chi connectivity index (χ3n) is 5.42. The van der Waals surface area contributed by atoms with Gasteiger partial charge >= 0.3 is 0 Å². The molecule has 0 radical (unpaired) electrons. The number of benzene rings is 2. The lowest BCUT2D eigenvalue weighted by atomic mass is 9.96. The van der Waals surface area contributed by atoms with Gasteiger partial charge in [-0.3, -0.25) is 5.43 Å². The quantitative estimate of drug-likeness (QED) is 0.496. The van der Waals surface area contributed by atoms with Gasteiger partial charge in [-0.25, -0.2) is 0 Å². The van der Waals surface area contributed by atoms with Crippen LogP contribution in [0.2, 0.25) is 0 Å². The standard InChI is InChI=1S/C21H23N3S/c25-21(22-19-14-15-11-12-18(19)13-15)24-23-20(16-7-3-1-4-8-16)17-9-5-2-6-10-17/h1-10,15,18-19H,11-14H2,(H2,22,24,25). The van der Waals surface area contributed by atoms with Gasteiger partial charge in [0.2, 0.25) is 0 Å². The van der Waals surface area contributed by atoms with Crippen molar-refractivity contribution in [2.75, 3.05) is 0 Å². The highest BCUT2D eigenvalue weighted by Crippen LogP contribution is 2.44. The van der Waals surface area contributed by atoms with Gasteiger partial charge in [0, 0.05) is 17.2 Å². The molecular weight excluding hydrogens is 326 g/mol. The summed E-state index contributed by atoms with van der Waals surface area (Å²) < 4.78 is 0. The van der Waals surface area contributed by atoms with Crippen LogP contribution >= 0.6 is 12.2 Å². The fourth-order valence-electron chi connectivity index (χ4n) is 4.22. The molecule has 2 bridgehead atoms. The molecule has 0 saturated heterocycles. The van der Waals surface area contributed by atoms with E-state index < -0.39 is 0 Å². The first-order chi connectivity index (χ1) is 12.3. The maximum absolute atomic E-state index is 5.50. The predicted octanol–water partition coefficient (Wildman–Crippen LogP) is 4.09. The lowest BCUT2D eigenvalue weighted by molar-refractivity contribution is 0.389. The number of rotatable bonds is 4. The van der Waals surface area contributed by atoms with Crippen molar-refractivity contribution in [3.8, 4) is 0 Å². The molecule has 2 saturated carbocycles. The molecular formula is C21H23N3S. The molecule has 3 atom stereocenters. The van der Waals surface area contributed by atoms with Gasteiger partial charge in [0.15, 0.2) is 5.11 Å². The highest BCUT2D eigenvalue weighted by molar-refractivity contribution is 7.80. The van der Waals surface area contributed by atoms with Gasteiger partial charge in [-0.15, -0.1) is 0 Å². The largest absolute Gasteiger partial charge is 0.358 e. The Morgan fingerprint density at radius 3 is 2.04 bits per heavy atom. The molecule has 2 aliphatic rings. The van der Waals surface area contributed by atoms with Crippen molar-refractivity contribution in [3.05, 3.63) is 71.8 Å². The van der Waals surface area contributed by atoms with Crippen molar-refractivity contribution >= 4 is 23.0 Å². The second-order valence-corrected chi connectivity index (χ2v) is 7.47. The Hall–Kier alpha value is -2.20.